The molecule has 0 aliphatic carbocycles. The number of nitrogens with zero attached hydrogens (tertiary/aromatic N) is 4. The summed E-state index contributed by atoms with van der Waals surface area (Å²) in [4.78, 5) is 12.6. The maximum atomic E-state index is 10.9. The fraction of sp³-hybridized carbons (Fsp3) is 0.727. The molecule has 0 saturated heterocycles. The topological polar surface area (TPSA) is 71.2 Å². The number of likely N-dealkylation sites (N-methyl/N-ethyl adjacent to an activating group) is 1. The molecule has 1 unspecified atom stereocenters. The Labute approximate surface area is 100 Å². The molecule has 2 rings (SSSR count). The zero-order valence-electron chi connectivity index (χ0n) is 10.3. The Hall–Kier alpha value is -1.43. The van der Waals surface area contributed by atoms with E-state index < -0.39 is 12.0 Å². The summed E-state index contributed by atoms with van der Waals surface area (Å²) in [6, 6.07) is -0.508. The number of hydrogen-bond donors (Lipinski definition) is 1. The van der Waals surface area contributed by atoms with Crippen LogP contribution >= 0.6 is 0 Å². The average molecular weight is 238 g/mol. The standard InChI is InChI=1S/C11H18N4O2/c1-8(11(16)17)14(2)7-10-13-12-9-5-3-4-6-15(9)10/h8H,3-7H2,1-2H3,(H,16,17). The molecule has 1 aliphatic rings. The summed E-state index contributed by atoms with van der Waals surface area (Å²) in [7, 11) is 1.79. The van der Waals surface area contributed by atoms with Crippen LogP contribution in [0.1, 0.15) is 31.4 Å². The molecule has 94 valence electrons. The van der Waals surface area contributed by atoms with Gasteiger partial charge in [0.2, 0.25) is 0 Å². The van der Waals surface area contributed by atoms with Crippen molar-refractivity contribution in [2.24, 2.45) is 0 Å². The van der Waals surface area contributed by atoms with E-state index in [2.05, 4.69) is 14.8 Å². The van der Waals surface area contributed by atoms with Crippen molar-refractivity contribution >= 4 is 5.97 Å². The Kier molecular flexibility index (Phi) is 3.42. The first-order valence-electron chi connectivity index (χ1n) is 5.93. The Balaban J connectivity index is 2.08. The number of carboxylic acids is 1. The molecular formula is C11H18N4O2. The van der Waals surface area contributed by atoms with Gasteiger partial charge in [0.05, 0.1) is 6.54 Å². The summed E-state index contributed by atoms with van der Waals surface area (Å²) in [6.07, 6.45) is 3.29. The van der Waals surface area contributed by atoms with Crippen LogP contribution in [0.3, 0.4) is 0 Å². The highest BCUT2D eigenvalue weighted by atomic mass is 16.4. The fourth-order valence-corrected chi connectivity index (χ4v) is 2.03. The van der Waals surface area contributed by atoms with Crippen LogP contribution in [0, 0.1) is 0 Å². The summed E-state index contributed by atoms with van der Waals surface area (Å²) in [5, 5.41) is 17.2. The van der Waals surface area contributed by atoms with Crippen molar-refractivity contribution < 1.29 is 9.90 Å². The van der Waals surface area contributed by atoms with Crippen molar-refractivity contribution in [2.45, 2.75) is 45.3 Å². The lowest BCUT2D eigenvalue weighted by Crippen LogP contribution is -2.36. The second-order valence-corrected chi connectivity index (χ2v) is 4.57. The first-order valence-corrected chi connectivity index (χ1v) is 5.93. The molecule has 1 aromatic rings. The highest BCUT2D eigenvalue weighted by molar-refractivity contribution is 5.72. The molecule has 1 aliphatic heterocycles. The van der Waals surface area contributed by atoms with Gasteiger partial charge in [0.25, 0.3) is 0 Å². The number of aryl methyl sites for hydroxylation is 1. The number of hydrogen-bond acceptors (Lipinski definition) is 4. The van der Waals surface area contributed by atoms with Gasteiger partial charge >= 0.3 is 5.97 Å². The predicted molar refractivity (Wildman–Crippen MR) is 61.5 cm³/mol. The number of rotatable bonds is 4. The van der Waals surface area contributed by atoms with E-state index in [-0.39, 0.29) is 0 Å². The molecule has 2 heterocycles. The second-order valence-electron chi connectivity index (χ2n) is 4.57. The minimum Gasteiger partial charge on any atom is -0.480 e. The molecule has 6 nitrogen and oxygen atoms in total. The van der Waals surface area contributed by atoms with Crippen LogP contribution in [-0.2, 0) is 24.3 Å². The normalized spacial score (nSPS) is 16.9. The van der Waals surface area contributed by atoms with E-state index in [1.807, 2.05) is 0 Å². The molecule has 6 heteroatoms. The summed E-state index contributed by atoms with van der Waals surface area (Å²) in [5.74, 6) is 1.09. The van der Waals surface area contributed by atoms with Crippen molar-refractivity contribution in [3.05, 3.63) is 11.6 Å². The highest BCUT2D eigenvalue weighted by Crippen LogP contribution is 2.15. The Morgan fingerprint density at radius 2 is 2.29 bits per heavy atom. The van der Waals surface area contributed by atoms with E-state index in [0.717, 1.165) is 31.0 Å². The SMILES string of the molecule is CC(C(=O)O)N(C)Cc1nnc2n1CCCC2. The van der Waals surface area contributed by atoms with Gasteiger partial charge in [0.1, 0.15) is 17.7 Å². The van der Waals surface area contributed by atoms with Crippen LogP contribution in [0.15, 0.2) is 0 Å². The number of carbonyl (C=O) groups is 1. The fourth-order valence-electron chi connectivity index (χ4n) is 2.03. The van der Waals surface area contributed by atoms with Crippen molar-refractivity contribution in [3.63, 3.8) is 0 Å². The molecule has 0 spiro atoms. The second kappa shape index (κ2) is 4.83. The van der Waals surface area contributed by atoms with Crippen LogP contribution < -0.4 is 0 Å². The lowest BCUT2D eigenvalue weighted by Gasteiger charge is -2.22. The maximum Gasteiger partial charge on any atom is 0.320 e. The Morgan fingerprint density at radius 3 is 3.00 bits per heavy atom. The van der Waals surface area contributed by atoms with Crippen molar-refractivity contribution in [1.29, 1.82) is 0 Å². The van der Waals surface area contributed by atoms with E-state index >= 15 is 0 Å². The van der Waals surface area contributed by atoms with Gasteiger partial charge in [-0.2, -0.15) is 0 Å². The molecule has 0 radical (unpaired) electrons. The molecule has 0 saturated carbocycles. The zero-order chi connectivity index (χ0) is 12.4. The van der Waals surface area contributed by atoms with Crippen molar-refractivity contribution in [2.75, 3.05) is 7.05 Å². The average Bonchev–Trinajstić information content (AvgIpc) is 2.71. The monoisotopic (exact) mass is 238 g/mol. The lowest BCUT2D eigenvalue weighted by atomic mass is 10.1. The van der Waals surface area contributed by atoms with E-state index in [9.17, 15) is 4.79 Å². The van der Waals surface area contributed by atoms with E-state index in [0.29, 0.717) is 6.54 Å². The number of carboxylic acid groups (broad SMARTS) is 1. The van der Waals surface area contributed by atoms with Gasteiger partial charge in [-0.1, -0.05) is 0 Å². The molecular weight excluding hydrogens is 220 g/mol. The smallest absolute Gasteiger partial charge is 0.320 e. The van der Waals surface area contributed by atoms with Crippen molar-refractivity contribution in [3.8, 4) is 0 Å². The number of fused-ring (bicyclic) bond motifs is 1. The minimum absolute atomic E-state index is 0.508. The molecule has 17 heavy (non-hydrogen) atoms. The van der Waals surface area contributed by atoms with E-state index in [1.165, 1.54) is 6.42 Å². The summed E-state index contributed by atoms with van der Waals surface area (Å²) >= 11 is 0. The molecule has 0 bridgehead atoms. The molecule has 0 fully saturated rings. The quantitative estimate of drug-likeness (QED) is 0.828. The van der Waals surface area contributed by atoms with Gasteiger partial charge < -0.3 is 9.67 Å². The van der Waals surface area contributed by atoms with Gasteiger partial charge in [-0.3, -0.25) is 9.69 Å². The third kappa shape index (κ3) is 2.46. The number of aromatic nitrogens is 3. The summed E-state index contributed by atoms with van der Waals surface area (Å²) in [6.45, 7) is 3.16. The maximum absolute atomic E-state index is 10.9. The third-order valence-corrected chi connectivity index (χ3v) is 3.35. The Bertz CT molecular complexity index is 416. The summed E-state index contributed by atoms with van der Waals surface area (Å²) < 4.78 is 2.12. The van der Waals surface area contributed by atoms with E-state index in [4.69, 9.17) is 5.11 Å². The van der Waals surface area contributed by atoms with Crippen LogP contribution in [0.4, 0.5) is 0 Å². The van der Waals surface area contributed by atoms with Gasteiger partial charge in [-0.15, -0.1) is 10.2 Å². The van der Waals surface area contributed by atoms with Crippen molar-refractivity contribution in [1.82, 2.24) is 19.7 Å². The van der Waals surface area contributed by atoms with Gasteiger partial charge in [0, 0.05) is 13.0 Å². The lowest BCUT2D eigenvalue weighted by molar-refractivity contribution is -0.142. The third-order valence-electron chi connectivity index (χ3n) is 3.35. The van der Waals surface area contributed by atoms with Crippen LogP contribution in [0.2, 0.25) is 0 Å². The highest BCUT2D eigenvalue weighted by Gasteiger charge is 2.21. The van der Waals surface area contributed by atoms with Gasteiger partial charge in [-0.25, -0.2) is 0 Å². The minimum atomic E-state index is -0.814. The molecule has 1 aromatic heterocycles. The van der Waals surface area contributed by atoms with Gasteiger partial charge in [-0.05, 0) is 26.8 Å². The van der Waals surface area contributed by atoms with Gasteiger partial charge in [0.15, 0.2) is 0 Å². The van der Waals surface area contributed by atoms with Crippen LogP contribution in [0.25, 0.3) is 0 Å². The zero-order valence-corrected chi connectivity index (χ0v) is 10.3. The predicted octanol–water partition coefficient (Wildman–Crippen LogP) is 0.519. The molecule has 0 amide bonds. The Morgan fingerprint density at radius 1 is 1.53 bits per heavy atom. The molecule has 1 N–H and O–H groups in total. The van der Waals surface area contributed by atoms with Crippen LogP contribution in [-0.4, -0.2) is 43.8 Å². The number of aliphatic carboxylic acids is 1. The first-order chi connectivity index (χ1) is 8.09. The first kappa shape index (κ1) is 12.0. The largest absolute Gasteiger partial charge is 0.480 e. The van der Waals surface area contributed by atoms with E-state index in [1.54, 1.807) is 18.9 Å². The summed E-state index contributed by atoms with van der Waals surface area (Å²) in [5.41, 5.74) is 0. The molecule has 1 atom stereocenters. The van der Waals surface area contributed by atoms with Crippen LogP contribution in [0.5, 0.6) is 0 Å². The molecule has 0 aromatic carbocycles.